The highest BCUT2D eigenvalue weighted by Gasteiger charge is 2.36. The van der Waals surface area contributed by atoms with Crippen molar-refractivity contribution < 1.29 is 13.9 Å². The Labute approximate surface area is 115 Å². The van der Waals surface area contributed by atoms with Crippen LogP contribution < -0.4 is 5.73 Å². The molecular weight excluding hydrogens is 260 g/mol. The molecule has 0 amide bonds. The monoisotopic (exact) mass is 275 g/mol. The fraction of sp³-hybridized carbons (Fsp3) is 0.250. The zero-order valence-corrected chi connectivity index (χ0v) is 10.9. The van der Waals surface area contributed by atoms with Gasteiger partial charge < -0.3 is 10.8 Å². The van der Waals surface area contributed by atoms with Crippen LogP contribution in [0.25, 0.3) is 0 Å². The minimum absolute atomic E-state index is 0.193. The van der Waals surface area contributed by atoms with Gasteiger partial charge in [0.1, 0.15) is 11.6 Å². The highest BCUT2D eigenvalue weighted by molar-refractivity contribution is 5.49. The van der Waals surface area contributed by atoms with Gasteiger partial charge in [-0.3, -0.25) is 0 Å². The van der Waals surface area contributed by atoms with Gasteiger partial charge in [0.15, 0.2) is 0 Å². The van der Waals surface area contributed by atoms with Crippen LogP contribution in [0.5, 0.6) is 0 Å². The Kier molecular flexibility index (Phi) is 2.98. The van der Waals surface area contributed by atoms with Crippen LogP contribution in [0.15, 0.2) is 36.4 Å². The van der Waals surface area contributed by atoms with Crippen LogP contribution in [0.4, 0.5) is 14.5 Å². The number of fused-ring (bicyclic) bond motifs is 1. The van der Waals surface area contributed by atoms with Crippen LogP contribution in [0.2, 0.25) is 0 Å². The number of hydrogen-bond acceptors (Lipinski definition) is 2. The summed E-state index contributed by atoms with van der Waals surface area (Å²) in [5, 5.41) is 10.8. The van der Waals surface area contributed by atoms with Crippen molar-refractivity contribution >= 4 is 5.69 Å². The second kappa shape index (κ2) is 4.56. The Hall–Kier alpha value is -1.94. The quantitative estimate of drug-likeness (QED) is 0.828. The van der Waals surface area contributed by atoms with Crippen LogP contribution in [-0.4, -0.2) is 5.11 Å². The summed E-state index contributed by atoms with van der Waals surface area (Å²) in [4.78, 5) is 0. The summed E-state index contributed by atoms with van der Waals surface area (Å²) in [6, 6.07) is 8.73. The largest absolute Gasteiger partial charge is 0.399 e. The van der Waals surface area contributed by atoms with Crippen LogP contribution in [-0.2, 0) is 18.4 Å². The van der Waals surface area contributed by atoms with Crippen molar-refractivity contribution in [2.24, 2.45) is 0 Å². The number of halogens is 2. The molecule has 0 radical (unpaired) electrons. The zero-order chi connectivity index (χ0) is 14.3. The maximum atomic E-state index is 13.2. The summed E-state index contributed by atoms with van der Waals surface area (Å²) < 4.78 is 26.5. The average Bonchev–Trinajstić information content (AvgIpc) is 2.65. The second-order valence-corrected chi connectivity index (χ2v) is 5.40. The van der Waals surface area contributed by atoms with Crippen molar-refractivity contribution in [3.63, 3.8) is 0 Å². The maximum Gasteiger partial charge on any atom is 0.126 e. The molecule has 1 atom stereocenters. The SMILES string of the molecule is Nc1ccc2c(c1)CCC2(O)Cc1cc(F)cc(F)c1. The molecule has 20 heavy (non-hydrogen) atoms. The van der Waals surface area contributed by atoms with E-state index in [1.54, 1.807) is 12.1 Å². The summed E-state index contributed by atoms with van der Waals surface area (Å²) in [5.74, 6) is -1.25. The molecule has 3 rings (SSSR count). The molecule has 0 heterocycles. The Morgan fingerprint density at radius 2 is 1.80 bits per heavy atom. The van der Waals surface area contributed by atoms with E-state index in [0.717, 1.165) is 17.2 Å². The van der Waals surface area contributed by atoms with Crippen molar-refractivity contribution in [1.29, 1.82) is 0 Å². The third kappa shape index (κ3) is 2.27. The van der Waals surface area contributed by atoms with Crippen molar-refractivity contribution in [2.75, 3.05) is 5.73 Å². The van der Waals surface area contributed by atoms with Gasteiger partial charge in [-0.1, -0.05) is 6.07 Å². The predicted molar refractivity (Wildman–Crippen MR) is 73.1 cm³/mol. The Bertz CT molecular complexity index is 651. The standard InChI is InChI=1S/C16H15F2NO/c17-12-5-10(6-13(18)8-12)9-16(20)4-3-11-7-14(19)1-2-15(11)16/h1-2,5-8,20H,3-4,9,19H2. The van der Waals surface area contributed by atoms with Gasteiger partial charge in [0.2, 0.25) is 0 Å². The molecule has 4 heteroatoms. The van der Waals surface area contributed by atoms with Gasteiger partial charge >= 0.3 is 0 Å². The molecule has 0 bridgehead atoms. The molecule has 1 aliphatic rings. The molecule has 104 valence electrons. The number of aryl methyl sites for hydroxylation is 1. The van der Waals surface area contributed by atoms with Gasteiger partial charge in [0, 0.05) is 18.2 Å². The molecule has 0 fully saturated rings. The lowest BCUT2D eigenvalue weighted by molar-refractivity contribution is 0.0388. The first-order chi connectivity index (χ1) is 9.46. The van der Waals surface area contributed by atoms with E-state index in [1.165, 1.54) is 12.1 Å². The molecule has 0 saturated carbocycles. The van der Waals surface area contributed by atoms with Crippen molar-refractivity contribution in [3.8, 4) is 0 Å². The van der Waals surface area contributed by atoms with Crippen molar-refractivity contribution in [3.05, 3.63) is 64.7 Å². The van der Waals surface area contributed by atoms with Gasteiger partial charge in [-0.05, 0) is 53.8 Å². The first-order valence-electron chi connectivity index (χ1n) is 6.52. The number of hydrogen-bond donors (Lipinski definition) is 2. The third-order valence-electron chi connectivity index (χ3n) is 3.86. The molecule has 2 aromatic carbocycles. The van der Waals surface area contributed by atoms with E-state index in [-0.39, 0.29) is 6.42 Å². The van der Waals surface area contributed by atoms with E-state index >= 15 is 0 Å². The van der Waals surface area contributed by atoms with Crippen LogP contribution in [0, 0.1) is 11.6 Å². The summed E-state index contributed by atoms with van der Waals surface area (Å²) in [6.45, 7) is 0. The topological polar surface area (TPSA) is 46.2 Å². The number of nitrogens with two attached hydrogens (primary N) is 1. The minimum Gasteiger partial charge on any atom is -0.399 e. The Morgan fingerprint density at radius 1 is 1.10 bits per heavy atom. The number of anilines is 1. The van der Waals surface area contributed by atoms with E-state index in [4.69, 9.17) is 5.73 Å². The highest BCUT2D eigenvalue weighted by Crippen LogP contribution is 2.40. The van der Waals surface area contributed by atoms with E-state index in [0.29, 0.717) is 24.1 Å². The second-order valence-electron chi connectivity index (χ2n) is 5.40. The summed E-state index contributed by atoms with van der Waals surface area (Å²) >= 11 is 0. The van der Waals surface area contributed by atoms with Crippen LogP contribution in [0.1, 0.15) is 23.1 Å². The lowest BCUT2D eigenvalue weighted by atomic mass is 9.88. The normalized spacial score (nSPS) is 20.9. The highest BCUT2D eigenvalue weighted by atomic mass is 19.1. The fourth-order valence-corrected chi connectivity index (χ4v) is 2.98. The lowest BCUT2D eigenvalue weighted by Gasteiger charge is -2.24. The average molecular weight is 275 g/mol. The molecular formula is C16H15F2NO. The third-order valence-corrected chi connectivity index (χ3v) is 3.86. The molecule has 1 unspecified atom stereocenters. The van der Waals surface area contributed by atoms with Gasteiger partial charge in [-0.2, -0.15) is 0 Å². The molecule has 0 spiro atoms. The van der Waals surface area contributed by atoms with Gasteiger partial charge in [0.25, 0.3) is 0 Å². The molecule has 0 aromatic heterocycles. The van der Waals surface area contributed by atoms with Gasteiger partial charge in [-0.15, -0.1) is 0 Å². The smallest absolute Gasteiger partial charge is 0.126 e. The molecule has 0 saturated heterocycles. The molecule has 3 N–H and O–H groups in total. The Balaban J connectivity index is 1.95. The Morgan fingerprint density at radius 3 is 2.50 bits per heavy atom. The summed E-state index contributed by atoms with van der Waals surface area (Å²) in [6.07, 6.45) is 1.44. The van der Waals surface area contributed by atoms with Crippen molar-refractivity contribution in [1.82, 2.24) is 0 Å². The lowest BCUT2D eigenvalue weighted by Crippen LogP contribution is -2.25. The van der Waals surface area contributed by atoms with E-state index in [2.05, 4.69) is 0 Å². The molecule has 0 aliphatic heterocycles. The zero-order valence-electron chi connectivity index (χ0n) is 10.9. The van der Waals surface area contributed by atoms with Gasteiger partial charge in [-0.25, -0.2) is 8.78 Å². The number of nitrogen functional groups attached to an aromatic ring is 1. The van der Waals surface area contributed by atoms with E-state index < -0.39 is 17.2 Å². The minimum atomic E-state index is -1.08. The van der Waals surface area contributed by atoms with E-state index in [9.17, 15) is 13.9 Å². The fourth-order valence-electron chi connectivity index (χ4n) is 2.98. The summed E-state index contributed by atoms with van der Waals surface area (Å²) in [7, 11) is 0. The van der Waals surface area contributed by atoms with E-state index in [1.807, 2.05) is 6.07 Å². The van der Waals surface area contributed by atoms with Crippen LogP contribution >= 0.6 is 0 Å². The number of aliphatic hydroxyl groups is 1. The first kappa shape index (κ1) is 13.1. The summed E-state index contributed by atoms with van der Waals surface area (Å²) in [5.41, 5.74) is 7.57. The molecule has 1 aliphatic carbocycles. The van der Waals surface area contributed by atoms with Crippen molar-refractivity contribution in [2.45, 2.75) is 24.9 Å². The number of rotatable bonds is 2. The number of benzene rings is 2. The first-order valence-corrected chi connectivity index (χ1v) is 6.52. The van der Waals surface area contributed by atoms with Gasteiger partial charge in [0.05, 0.1) is 5.60 Å². The van der Waals surface area contributed by atoms with Crippen LogP contribution in [0.3, 0.4) is 0 Å². The predicted octanol–water partition coefficient (Wildman–Crippen LogP) is 2.92. The molecule has 2 nitrogen and oxygen atoms in total. The maximum absolute atomic E-state index is 13.2. The molecule has 2 aromatic rings.